The fraction of sp³-hybridized carbons (Fsp3) is 0.188. The maximum Gasteiger partial charge on any atom is 0.241 e. The molecule has 0 saturated carbocycles. The Morgan fingerprint density at radius 1 is 1.33 bits per heavy atom. The van der Waals surface area contributed by atoms with Crippen LogP contribution in [0.2, 0.25) is 0 Å². The van der Waals surface area contributed by atoms with E-state index < -0.39 is 6.04 Å². The molecule has 0 bridgehead atoms. The molecule has 0 saturated heterocycles. The maximum atomic E-state index is 13.4. The Balaban J connectivity index is 2.06. The summed E-state index contributed by atoms with van der Waals surface area (Å²) in [4.78, 5) is 12.1. The second-order valence-electron chi connectivity index (χ2n) is 4.87. The van der Waals surface area contributed by atoms with Gasteiger partial charge in [0.15, 0.2) is 0 Å². The molecule has 0 unspecified atom stereocenters. The highest BCUT2D eigenvalue weighted by Crippen LogP contribution is 2.24. The lowest BCUT2D eigenvalue weighted by Crippen LogP contribution is -2.37. The smallest absolute Gasteiger partial charge is 0.241 e. The van der Waals surface area contributed by atoms with E-state index in [2.05, 4.69) is 21.2 Å². The summed E-state index contributed by atoms with van der Waals surface area (Å²) in [6.45, 7) is 1.73. The highest BCUT2D eigenvalue weighted by Gasteiger charge is 2.16. The molecule has 0 aliphatic rings. The van der Waals surface area contributed by atoms with E-state index in [1.54, 1.807) is 6.92 Å². The van der Waals surface area contributed by atoms with Crippen LogP contribution in [-0.2, 0) is 11.2 Å². The largest absolute Gasteiger partial charge is 0.324 e. The van der Waals surface area contributed by atoms with Crippen LogP contribution < -0.4 is 11.1 Å². The van der Waals surface area contributed by atoms with Gasteiger partial charge in [0.2, 0.25) is 5.91 Å². The first-order valence-corrected chi connectivity index (χ1v) is 7.32. The molecule has 0 spiro atoms. The number of carbonyl (C=O) groups is 1. The molecule has 0 fully saturated rings. The molecule has 1 amide bonds. The molecule has 2 aromatic carbocycles. The molecule has 3 nitrogen and oxygen atoms in total. The summed E-state index contributed by atoms with van der Waals surface area (Å²) in [7, 11) is 0. The quantitative estimate of drug-likeness (QED) is 0.887. The molecule has 0 aromatic heterocycles. The van der Waals surface area contributed by atoms with Crippen molar-refractivity contribution < 1.29 is 9.18 Å². The third kappa shape index (κ3) is 4.12. The summed E-state index contributed by atoms with van der Waals surface area (Å²) < 4.78 is 13.7. The molecule has 21 heavy (non-hydrogen) atoms. The van der Waals surface area contributed by atoms with E-state index in [0.717, 1.165) is 5.56 Å². The number of halogens is 2. The van der Waals surface area contributed by atoms with Crippen LogP contribution in [0, 0.1) is 12.7 Å². The van der Waals surface area contributed by atoms with E-state index in [4.69, 9.17) is 5.73 Å². The van der Waals surface area contributed by atoms with Crippen molar-refractivity contribution in [3.8, 4) is 0 Å². The summed E-state index contributed by atoms with van der Waals surface area (Å²) >= 11 is 3.10. The maximum absolute atomic E-state index is 13.4. The van der Waals surface area contributed by atoms with Gasteiger partial charge >= 0.3 is 0 Å². The Morgan fingerprint density at radius 2 is 2.00 bits per heavy atom. The summed E-state index contributed by atoms with van der Waals surface area (Å²) in [6.07, 6.45) is 0.452. The van der Waals surface area contributed by atoms with Crippen LogP contribution in [0.5, 0.6) is 0 Å². The number of rotatable bonds is 4. The zero-order chi connectivity index (χ0) is 15.4. The number of amides is 1. The molecule has 1 atom stereocenters. The molecular formula is C16H16BrFN2O. The SMILES string of the molecule is Cc1cc(F)c(Br)cc1NC(=O)[C@H](N)Cc1ccccc1. The number of benzene rings is 2. The van der Waals surface area contributed by atoms with E-state index >= 15 is 0 Å². The first kappa shape index (κ1) is 15.7. The van der Waals surface area contributed by atoms with Crippen molar-refractivity contribution in [1.29, 1.82) is 0 Å². The van der Waals surface area contributed by atoms with Gasteiger partial charge < -0.3 is 11.1 Å². The highest BCUT2D eigenvalue weighted by molar-refractivity contribution is 9.10. The zero-order valence-corrected chi connectivity index (χ0v) is 13.2. The summed E-state index contributed by atoms with van der Waals surface area (Å²) in [5.74, 6) is -0.653. The Labute approximate surface area is 131 Å². The minimum atomic E-state index is -0.657. The summed E-state index contributed by atoms with van der Waals surface area (Å²) in [6, 6.07) is 11.8. The molecule has 110 valence electrons. The third-order valence-electron chi connectivity index (χ3n) is 3.16. The monoisotopic (exact) mass is 350 g/mol. The Bertz CT molecular complexity index is 646. The number of aryl methyl sites for hydroxylation is 1. The number of hydrogen-bond acceptors (Lipinski definition) is 2. The topological polar surface area (TPSA) is 55.1 Å². The Kier molecular flexibility index (Phi) is 5.09. The molecule has 0 aliphatic carbocycles. The summed E-state index contributed by atoms with van der Waals surface area (Å²) in [5, 5.41) is 2.74. The van der Waals surface area contributed by atoms with Crippen molar-refractivity contribution in [2.75, 3.05) is 5.32 Å². The second kappa shape index (κ2) is 6.83. The van der Waals surface area contributed by atoms with Crippen molar-refractivity contribution in [2.45, 2.75) is 19.4 Å². The van der Waals surface area contributed by atoms with E-state index in [1.165, 1.54) is 12.1 Å². The van der Waals surface area contributed by atoms with Crippen molar-refractivity contribution in [1.82, 2.24) is 0 Å². The highest BCUT2D eigenvalue weighted by atomic mass is 79.9. The van der Waals surface area contributed by atoms with E-state index in [9.17, 15) is 9.18 Å². The molecular weight excluding hydrogens is 335 g/mol. The predicted molar refractivity (Wildman–Crippen MR) is 85.6 cm³/mol. The number of nitrogens with one attached hydrogen (secondary N) is 1. The average Bonchev–Trinajstić information content (AvgIpc) is 2.45. The Morgan fingerprint density at radius 3 is 2.67 bits per heavy atom. The van der Waals surface area contributed by atoms with Gasteiger partial charge in [-0.05, 0) is 52.5 Å². The lowest BCUT2D eigenvalue weighted by atomic mass is 10.1. The van der Waals surface area contributed by atoms with Gasteiger partial charge in [-0.2, -0.15) is 0 Å². The molecule has 3 N–H and O–H groups in total. The molecule has 0 radical (unpaired) electrons. The number of hydrogen-bond donors (Lipinski definition) is 2. The third-order valence-corrected chi connectivity index (χ3v) is 3.77. The van der Waals surface area contributed by atoms with Crippen molar-refractivity contribution in [3.63, 3.8) is 0 Å². The molecule has 5 heteroatoms. The van der Waals surface area contributed by atoms with Crippen molar-refractivity contribution in [2.24, 2.45) is 5.73 Å². The van der Waals surface area contributed by atoms with Crippen LogP contribution in [0.1, 0.15) is 11.1 Å². The van der Waals surface area contributed by atoms with Crippen molar-refractivity contribution in [3.05, 3.63) is 63.9 Å². The van der Waals surface area contributed by atoms with Gasteiger partial charge in [0.05, 0.1) is 10.5 Å². The molecule has 0 aliphatic heterocycles. The minimum absolute atomic E-state index is 0.291. The summed E-state index contributed by atoms with van der Waals surface area (Å²) in [5.41, 5.74) is 8.12. The first-order chi connectivity index (χ1) is 9.97. The van der Waals surface area contributed by atoms with Crippen LogP contribution in [0.15, 0.2) is 46.9 Å². The fourth-order valence-corrected chi connectivity index (χ4v) is 2.31. The lowest BCUT2D eigenvalue weighted by molar-refractivity contribution is -0.117. The molecule has 2 rings (SSSR count). The van der Waals surface area contributed by atoms with Gasteiger partial charge in [-0.25, -0.2) is 4.39 Å². The van der Waals surface area contributed by atoms with Crippen molar-refractivity contribution >= 4 is 27.5 Å². The molecule has 2 aromatic rings. The van der Waals surface area contributed by atoms with Crippen LogP contribution in [0.3, 0.4) is 0 Å². The second-order valence-corrected chi connectivity index (χ2v) is 5.72. The van der Waals surface area contributed by atoms with Crippen LogP contribution in [0.25, 0.3) is 0 Å². The van der Waals surface area contributed by atoms with Gasteiger partial charge in [0.25, 0.3) is 0 Å². The predicted octanol–water partition coefficient (Wildman–Crippen LogP) is 3.41. The van der Waals surface area contributed by atoms with E-state index in [0.29, 0.717) is 22.1 Å². The standard InChI is InChI=1S/C16H16BrFN2O/c1-10-7-13(18)12(17)9-15(10)20-16(21)14(19)8-11-5-3-2-4-6-11/h2-7,9,14H,8,19H2,1H3,(H,20,21)/t14-/m1/s1. The first-order valence-electron chi connectivity index (χ1n) is 6.53. The van der Waals surface area contributed by atoms with Crippen LogP contribution in [-0.4, -0.2) is 11.9 Å². The van der Waals surface area contributed by atoms with E-state index in [1.807, 2.05) is 30.3 Å². The van der Waals surface area contributed by atoms with Crippen LogP contribution in [0.4, 0.5) is 10.1 Å². The Hall–Kier alpha value is -1.72. The van der Waals surface area contributed by atoms with Crippen LogP contribution >= 0.6 is 15.9 Å². The number of carbonyl (C=O) groups excluding carboxylic acids is 1. The number of nitrogens with two attached hydrogens (primary N) is 1. The van der Waals surface area contributed by atoms with Gasteiger partial charge in [0, 0.05) is 5.69 Å². The number of anilines is 1. The fourth-order valence-electron chi connectivity index (χ4n) is 1.97. The van der Waals surface area contributed by atoms with Gasteiger partial charge in [-0.15, -0.1) is 0 Å². The normalized spacial score (nSPS) is 12.0. The zero-order valence-electron chi connectivity index (χ0n) is 11.6. The average molecular weight is 351 g/mol. The van der Waals surface area contributed by atoms with Gasteiger partial charge in [0.1, 0.15) is 5.82 Å². The van der Waals surface area contributed by atoms with Gasteiger partial charge in [-0.1, -0.05) is 30.3 Å². The van der Waals surface area contributed by atoms with E-state index in [-0.39, 0.29) is 11.7 Å². The van der Waals surface area contributed by atoms with Gasteiger partial charge in [-0.3, -0.25) is 4.79 Å². The lowest BCUT2D eigenvalue weighted by Gasteiger charge is -2.14. The minimum Gasteiger partial charge on any atom is -0.324 e. The molecule has 0 heterocycles.